The molecule has 2 N–H and O–H groups in total. The Kier molecular flexibility index (Phi) is 3.77. The molecule has 0 bridgehead atoms. The van der Waals surface area contributed by atoms with Crippen molar-refractivity contribution in [2.24, 2.45) is 0 Å². The van der Waals surface area contributed by atoms with E-state index in [0.29, 0.717) is 6.07 Å². The number of rotatable bonds is 3. The molecule has 0 radical (unpaired) electrons. The summed E-state index contributed by atoms with van der Waals surface area (Å²) in [5.41, 5.74) is -0.267. The monoisotopic (exact) mass is 243 g/mol. The standard InChI is InChI=1S/C11H11F2NO3/c1-5-3-7(9(13)4-8(5)12)10(15)14-6(2)11(16)17/h3-4,6H,1-2H3,(H,14,15)(H,16,17)/t6-/m0/s1. The summed E-state index contributed by atoms with van der Waals surface area (Å²) in [6.07, 6.45) is 0. The molecule has 1 rings (SSSR count). The number of aryl methyl sites for hydroxylation is 1. The molecule has 0 heterocycles. The smallest absolute Gasteiger partial charge is 0.325 e. The molecule has 1 aromatic carbocycles. The van der Waals surface area contributed by atoms with E-state index in [9.17, 15) is 18.4 Å². The molecule has 0 saturated carbocycles. The number of hydrogen-bond donors (Lipinski definition) is 2. The van der Waals surface area contributed by atoms with Crippen LogP contribution in [0.3, 0.4) is 0 Å². The maximum Gasteiger partial charge on any atom is 0.325 e. The Labute approximate surface area is 96.3 Å². The molecule has 0 unspecified atom stereocenters. The summed E-state index contributed by atoms with van der Waals surface area (Å²) < 4.78 is 26.2. The molecule has 0 saturated heterocycles. The number of carboxylic acids is 1. The number of aliphatic carboxylic acids is 1. The van der Waals surface area contributed by atoms with Crippen LogP contribution in [0.15, 0.2) is 12.1 Å². The zero-order chi connectivity index (χ0) is 13.2. The Morgan fingerprint density at radius 1 is 1.29 bits per heavy atom. The van der Waals surface area contributed by atoms with Crippen LogP contribution in [0.1, 0.15) is 22.8 Å². The molecule has 4 nitrogen and oxygen atoms in total. The highest BCUT2D eigenvalue weighted by Crippen LogP contribution is 2.14. The third-order valence-electron chi connectivity index (χ3n) is 2.21. The predicted octanol–water partition coefficient (Wildman–Crippen LogP) is 1.48. The van der Waals surface area contributed by atoms with Gasteiger partial charge in [-0.15, -0.1) is 0 Å². The maximum atomic E-state index is 13.3. The van der Waals surface area contributed by atoms with E-state index in [2.05, 4.69) is 5.32 Å². The summed E-state index contributed by atoms with van der Waals surface area (Å²) in [6, 6.07) is 0.483. The van der Waals surface area contributed by atoms with Crippen LogP contribution < -0.4 is 5.32 Å². The summed E-state index contributed by atoms with van der Waals surface area (Å²) in [5.74, 6) is -3.91. The molecule has 17 heavy (non-hydrogen) atoms. The molecule has 0 aliphatic heterocycles. The van der Waals surface area contributed by atoms with E-state index in [1.807, 2.05) is 0 Å². The Balaban J connectivity index is 2.97. The van der Waals surface area contributed by atoms with Gasteiger partial charge in [-0.3, -0.25) is 9.59 Å². The van der Waals surface area contributed by atoms with Crippen LogP contribution in [0, 0.1) is 18.6 Å². The fourth-order valence-electron chi connectivity index (χ4n) is 1.17. The van der Waals surface area contributed by atoms with E-state index in [0.717, 1.165) is 6.07 Å². The van der Waals surface area contributed by atoms with E-state index in [1.54, 1.807) is 0 Å². The van der Waals surface area contributed by atoms with Gasteiger partial charge in [0.05, 0.1) is 5.56 Å². The zero-order valence-electron chi connectivity index (χ0n) is 9.25. The SMILES string of the molecule is Cc1cc(C(=O)N[C@@H](C)C(=O)O)c(F)cc1F. The number of nitrogens with one attached hydrogen (secondary N) is 1. The van der Waals surface area contributed by atoms with Gasteiger partial charge in [0.2, 0.25) is 0 Å². The number of carbonyl (C=O) groups is 2. The molecule has 0 spiro atoms. The van der Waals surface area contributed by atoms with Crippen LogP contribution in [0.5, 0.6) is 0 Å². The fourth-order valence-corrected chi connectivity index (χ4v) is 1.17. The lowest BCUT2D eigenvalue weighted by Crippen LogP contribution is -2.38. The van der Waals surface area contributed by atoms with Gasteiger partial charge in [-0.1, -0.05) is 0 Å². The summed E-state index contributed by atoms with van der Waals surface area (Å²) in [5, 5.41) is 10.7. The number of hydrogen-bond acceptors (Lipinski definition) is 2. The second-order valence-electron chi connectivity index (χ2n) is 3.61. The molecule has 0 aliphatic carbocycles. The number of amides is 1. The van der Waals surface area contributed by atoms with Crippen molar-refractivity contribution in [2.45, 2.75) is 19.9 Å². The van der Waals surface area contributed by atoms with E-state index in [1.165, 1.54) is 13.8 Å². The molecule has 0 aromatic heterocycles. The molecule has 0 fully saturated rings. The maximum absolute atomic E-state index is 13.3. The summed E-state index contributed by atoms with van der Waals surface area (Å²) in [7, 11) is 0. The molecule has 6 heteroatoms. The first kappa shape index (κ1) is 13.1. The van der Waals surface area contributed by atoms with Crippen molar-refractivity contribution >= 4 is 11.9 Å². The fraction of sp³-hybridized carbons (Fsp3) is 0.273. The van der Waals surface area contributed by atoms with Crippen molar-refractivity contribution in [3.05, 3.63) is 34.9 Å². The Hall–Kier alpha value is -1.98. The van der Waals surface area contributed by atoms with Crippen LogP contribution in [0.25, 0.3) is 0 Å². The minimum absolute atomic E-state index is 0.111. The molecule has 1 aromatic rings. The zero-order valence-corrected chi connectivity index (χ0v) is 9.25. The van der Waals surface area contributed by atoms with Gasteiger partial charge in [0.1, 0.15) is 17.7 Å². The number of carboxylic acid groups (broad SMARTS) is 1. The van der Waals surface area contributed by atoms with Crippen molar-refractivity contribution in [1.29, 1.82) is 0 Å². The second-order valence-corrected chi connectivity index (χ2v) is 3.61. The van der Waals surface area contributed by atoms with Crippen LogP contribution in [-0.2, 0) is 4.79 Å². The predicted molar refractivity (Wildman–Crippen MR) is 55.7 cm³/mol. The molecular weight excluding hydrogens is 232 g/mol. The van der Waals surface area contributed by atoms with Crippen molar-refractivity contribution in [2.75, 3.05) is 0 Å². The number of carbonyl (C=O) groups excluding carboxylic acids is 1. The van der Waals surface area contributed by atoms with Crippen molar-refractivity contribution in [3.8, 4) is 0 Å². The summed E-state index contributed by atoms with van der Waals surface area (Å²) in [6.45, 7) is 2.63. The minimum atomic E-state index is -1.24. The van der Waals surface area contributed by atoms with E-state index < -0.39 is 29.6 Å². The highest BCUT2D eigenvalue weighted by Gasteiger charge is 2.19. The molecule has 1 atom stereocenters. The van der Waals surface area contributed by atoms with Crippen molar-refractivity contribution in [1.82, 2.24) is 5.32 Å². The lowest BCUT2D eigenvalue weighted by Gasteiger charge is -2.10. The first-order valence-corrected chi connectivity index (χ1v) is 4.82. The number of benzene rings is 1. The largest absolute Gasteiger partial charge is 0.480 e. The van der Waals surface area contributed by atoms with Gasteiger partial charge in [-0.05, 0) is 25.5 Å². The van der Waals surface area contributed by atoms with Gasteiger partial charge in [0.15, 0.2) is 0 Å². The van der Waals surface area contributed by atoms with Crippen LogP contribution >= 0.6 is 0 Å². The molecule has 0 aliphatic rings. The highest BCUT2D eigenvalue weighted by molar-refractivity contribution is 5.96. The third kappa shape index (κ3) is 2.99. The Morgan fingerprint density at radius 2 is 1.88 bits per heavy atom. The Morgan fingerprint density at radius 3 is 2.41 bits per heavy atom. The van der Waals surface area contributed by atoms with Gasteiger partial charge in [-0.2, -0.15) is 0 Å². The highest BCUT2D eigenvalue weighted by atomic mass is 19.1. The van der Waals surface area contributed by atoms with Gasteiger partial charge in [0, 0.05) is 6.07 Å². The lowest BCUT2D eigenvalue weighted by molar-refractivity contribution is -0.138. The van der Waals surface area contributed by atoms with Crippen molar-refractivity contribution in [3.63, 3.8) is 0 Å². The summed E-state index contributed by atoms with van der Waals surface area (Å²) in [4.78, 5) is 22.0. The van der Waals surface area contributed by atoms with Crippen LogP contribution in [0.4, 0.5) is 8.78 Å². The topological polar surface area (TPSA) is 66.4 Å². The minimum Gasteiger partial charge on any atom is -0.480 e. The van der Waals surface area contributed by atoms with Crippen LogP contribution in [-0.4, -0.2) is 23.0 Å². The van der Waals surface area contributed by atoms with E-state index in [-0.39, 0.29) is 11.1 Å². The molecular formula is C11H11F2NO3. The average molecular weight is 243 g/mol. The number of halogens is 2. The van der Waals surface area contributed by atoms with E-state index >= 15 is 0 Å². The second kappa shape index (κ2) is 4.90. The third-order valence-corrected chi connectivity index (χ3v) is 2.21. The normalized spacial score (nSPS) is 12.0. The first-order valence-electron chi connectivity index (χ1n) is 4.82. The van der Waals surface area contributed by atoms with Gasteiger partial charge >= 0.3 is 5.97 Å². The lowest BCUT2D eigenvalue weighted by atomic mass is 10.1. The van der Waals surface area contributed by atoms with Crippen LogP contribution in [0.2, 0.25) is 0 Å². The quantitative estimate of drug-likeness (QED) is 0.844. The van der Waals surface area contributed by atoms with E-state index in [4.69, 9.17) is 5.11 Å². The summed E-state index contributed by atoms with van der Waals surface area (Å²) >= 11 is 0. The van der Waals surface area contributed by atoms with Gasteiger partial charge < -0.3 is 10.4 Å². The average Bonchev–Trinajstić information content (AvgIpc) is 2.22. The van der Waals surface area contributed by atoms with Crippen molar-refractivity contribution < 1.29 is 23.5 Å². The Bertz CT molecular complexity index is 474. The molecule has 92 valence electrons. The molecule has 1 amide bonds. The van der Waals surface area contributed by atoms with Gasteiger partial charge in [-0.25, -0.2) is 8.78 Å². The van der Waals surface area contributed by atoms with Gasteiger partial charge in [0.25, 0.3) is 5.91 Å². The first-order chi connectivity index (χ1) is 7.82.